The zero-order valence-corrected chi connectivity index (χ0v) is 11.2. The first-order chi connectivity index (χ1) is 9.51. The van der Waals surface area contributed by atoms with Gasteiger partial charge in [0.05, 0.1) is 6.61 Å². The molecule has 5 nitrogen and oxygen atoms in total. The molecule has 20 heavy (non-hydrogen) atoms. The first-order valence-electron chi connectivity index (χ1n) is 6.01. The zero-order chi connectivity index (χ0) is 14.8. The van der Waals surface area contributed by atoms with E-state index in [1.54, 1.807) is 24.3 Å². The van der Waals surface area contributed by atoms with Crippen LogP contribution in [0.25, 0.3) is 0 Å². The van der Waals surface area contributed by atoms with Crippen LogP contribution in [0.2, 0.25) is 0 Å². The van der Waals surface area contributed by atoms with E-state index in [-0.39, 0.29) is 16.7 Å². The minimum atomic E-state index is -0.241. The minimum absolute atomic E-state index is 0.0355. The molecule has 0 aromatic heterocycles. The Balaban J connectivity index is 2.35. The fourth-order valence-corrected chi connectivity index (χ4v) is 2.04. The molecule has 5 heteroatoms. The molecule has 1 aliphatic rings. The smallest absolute Gasteiger partial charge is 0.163 e. The minimum Gasteiger partial charge on any atom is -0.492 e. The average molecular weight is 264 g/mol. The summed E-state index contributed by atoms with van der Waals surface area (Å²) < 4.78 is 5.61. The molecular formula is C15H12N4O. The maximum absolute atomic E-state index is 8.99. The molecule has 0 fully saturated rings. The number of nitriles is 3. The van der Waals surface area contributed by atoms with Crippen LogP contribution < -0.4 is 10.1 Å². The van der Waals surface area contributed by atoms with Gasteiger partial charge in [0, 0.05) is 22.7 Å². The summed E-state index contributed by atoms with van der Waals surface area (Å²) in [6.07, 6.45) is 0. The molecule has 0 bridgehead atoms. The van der Waals surface area contributed by atoms with E-state index in [1.807, 2.05) is 12.1 Å². The van der Waals surface area contributed by atoms with E-state index < -0.39 is 0 Å². The highest BCUT2D eigenvalue weighted by molar-refractivity contribution is 5.62. The van der Waals surface area contributed by atoms with Gasteiger partial charge in [-0.25, -0.2) is 0 Å². The Kier molecular flexibility index (Phi) is 3.34. The van der Waals surface area contributed by atoms with Crippen molar-refractivity contribution in [3.63, 3.8) is 0 Å². The summed E-state index contributed by atoms with van der Waals surface area (Å²) in [5, 5.41) is 29.3. The van der Waals surface area contributed by atoms with Gasteiger partial charge in [0.15, 0.2) is 5.57 Å². The van der Waals surface area contributed by atoms with Crippen LogP contribution in [0.3, 0.4) is 0 Å². The van der Waals surface area contributed by atoms with Crippen molar-refractivity contribution in [3.8, 4) is 24.0 Å². The molecule has 0 radical (unpaired) electrons. The van der Waals surface area contributed by atoms with Crippen LogP contribution >= 0.6 is 0 Å². The second-order valence-corrected chi connectivity index (χ2v) is 5.09. The Morgan fingerprint density at radius 2 is 1.90 bits per heavy atom. The SMILES string of the molecule is CC1(C)COc2cc(NC(C#N)=C(C#N)C#N)ccc21. The van der Waals surface area contributed by atoms with Crippen LogP contribution in [0.4, 0.5) is 5.69 Å². The lowest BCUT2D eigenvalue weighted by molar-refractivity contribution is 0.291. The summed E-state index contributed by atoms with van der Waals surface area (Å²) in [7, 11) is 0. The molecule has 1 N–H and O–H groups in total. The molecule has 0 atom stereocenters. The standard InChI is InChI=1S/C15H12N4O/c1-15(2)9-20-14-5-11(3-4-12(14)15)19-13(8-18)10(6-16)7-17/h3-5,19H,9H2,1-2H3. The third kappa shape index (κ3) is 2.28. The van der Waals surface area contributed by atoms with Crippen molar-refractivity contribution in [2.75, 3.05) is 11.9 Å². The van der Waals surface area contributed by atoms with Crippen molar-refractivity contribution in [1.29, 1.82) is 15.8 Å². The summed E-state index contributed by atoms with van der Waals surface area (Å²) in [6, 6.07) is 10.7. The molecule has 0 unspecified atom stereocenters. The van der Waals surface area contributed by atoms with E-state index >= 15 is 0 Å². The molecule has 2 rings (SSSR count). The van der Waals surface area contributed by atoms with E-state index in [2.05, 4.69) is 19.2 Å². The Bertz CT molecular complexity index is 695. The van der Waals surface area contributed by atoms with Gasteiger partial charge in [0.1, 0.15) is 29.7 Å². The zero-order valence-electron chi connectivity index (χ0n) is 11.2. The Morgan fingerprint density at radius 3 is 2.50 bits per heavy atom. The van der Waals surface area contributed by atoms with Gasteiger partial charge in [-0.3, -0.25) is 0 Å². The molecule has 0 aliphatic carbocycles. The van der Waals surface area contributed by atoms with Crippen molar-refractivity contribution >= 4 is 5.69 Å². The normalized spacial score (nSPS) is 13.9. The van der Waals surface area contributed by atoms with Crippen molar-refractivity contribution < 1.29 is 4.74 Å². The van der Waals surface area contributed by atoms with Gasteiger partial charge in [-0.1, -0.05) is 19.9 Å². The van der Waals surface area contributed by atoms with E-state index in [0.29, 0.717) is 12.3 Å². The average Bonchev–Trinajstić information content (AvgIpc) is 2.74. The van der Waals surface area contributed by atoms with Crippen LogP contribution in [0.15, 0.2) is 29.5 Å². The van der Waals surface area contributed by atoms with Gasteiger partial charge >= 0.3 is 0 Å². The van der Waals surface area contributed by atoms with Crippen LogP contribution in [-0.4, -0.2) is 6.61 Å². The number of hydrogen-bond acceptors (Lipinski definition) is 5. The highest BCUT2D eigenvalue weighted by Gasteiger charge is 2.31. The number of nitrogens with zero attached hydrogens (tertiary/aromatic N) is 3. The van der Waals surface area contributed by atoms with Gasteiger partial charge < -0.3 is 10.1 Å². The number of fused-ring (bicyclic) bond motifs is 1. The monoisotopic (exact) mass is 264 g/mol. The lowest BCUT2D eigenvalue weighted by Crippen LogP contribution is -2.18. The van der Waals surface area contributed by atoms with Crippen LogP contribution in [0.5, 0.6) is 5.75 Å². The Hall–Kier alpha value is -2.97. The number of rotatable bonds is 2. The van der Waals surface area contributed by atoms with E-state index in [1.165, 1.54) is 0 Å². The number of allylic oxidation sites excluding steroid dienone is 2. The number of anilines is 1. The van der Waals surface area contributed by atoms with E-state index in [0.717, 1.165) is 11.3 Å². The molecule has 98 valence electrons. The summed E-state index contributed by atoms with van der Waals surface area (Å²) >= 11 is 0. The maximum atomic E-state index is 8.99. The first kappa shape index (κ1) is 13.5. The molecular weight excluding hydrogens is 252 g/mol. The second-order valence-electron chi connectivity index (χ2n) is 5.09. The fraction of sp³-hybridized carbons (Fsp3) is 0.267. The van der Waals surface area contributed by atoms with E-state index in [4.69, 9.17) is 20.5 Å². The van der Waals surface area contributed by atoms with Crippen LogP contribution in [-0.2, 0) is 5.41 Å². The third-order valence-electron chi connectivity index (χ3n) is 3.15. The summed E-state index contributed by atoms with van der Waals surface area (Å²) in [4.78, 5) is 0. The lowest BCUT2D eigenvalue weighted by Gasteiger charge is -2.15. The highest BCUT2D eigenvalue weighted by Crippen LogP contribution is 2.39. The molecule has 1 aromatic carbocycles. The van der Waals surface area contributed by atoms with Gasteiger partial charge in [-0.05, 0) is 6.07 Å². The highest BCUT2D eigenvalue weighted by atomic mass is 16.5. The van der Waals surface area contributed by atoms with Gasteiger partial charge in [-0.2, -0.15) is 15.8 Å². The molecule has 0 spiro atoms. The van der Waals surface area contributed by atoms with Crippen molar-refractivity contribution in [2.24, 2.45) is 0 Å². The summed E-state index contributed by atoms with van der Waals surface area (Å²) in [5.41, 5.74) is 1.38. The largest absolute Gasteiger partial charge is 0.492 e. The number of benzene rings is 1. The second kappa shape index (κ2) is 4.96. The topological polar surface area (TPSA) is 92.6 Å². The molecule has 1 aliphatic heterocycles. The first-order valence-corrected chi connectivity index (χ1v) is 6.01. The van der Waals surface area contributed by atoms with Crippen molar-refractivity contribution in [3.05, 3.63) is 35.0 Å². The van der Waals surface area contributed by atoms with Gasteiger partial charge in [0.2, 0.25) is 0 Å². The van der Waals surface area contributed by atoms with Crippen LogP contribution in [0, 0.1) is 34.0 Å². The predicted octanol–water partition coefficient (Wildman–Crippen LogP) is 2.59. The van der Waals surface area contributed by atoms with E-state index in [9.17, 15) is 0 Å². The summed E-state index contributed by atoms with van der Waals surface area (Å²) in [6.45, 7) is 4.79. The van der Waals surface area contributed by atoms with Crippen LogP contribution in [0.1, 0.15) is 19.4 Å². The Labute approximate surface area is 117 Å². The molecule has 0 saturated heterocycles. The van der Waals surface area contributed by atoms with Gasteiger partial charge in [-0.15, -0.1) is 0 Å². The fourth-order valence-electron chi connectivity index (χ4n) is 2.04. The predicted molar refractivity (Wildman–Crippen MR) is 72.5 cm³/mol. The molecule has 1 heterocycles. The summed E-state index contributed by atoms with van der Waals surface area (Å²) in [5.74, 6) is 0.757. The number of hydrogen-bond donors (Lipinski definition) is 1. The molecule has 0 saturated carbocycles. The molecule has 0 amide bonds. The van der Waals surface area contributed by atoms with Crippen molar-refractivity contribution in [2.45, 2.75) is 19.3 Å². The third-order valence-corrected chi connectivity index (χ3v) is 3.15. The molecule has 1 aromatic rings. The number of nitrogens with one attached hydrogen (secondary N) is 1. The van der Waals surface area contributed by atoms with Crippen molar-refractivity contribution in [1.82, 2.24) is 0 Å². The Morgan fingerprint density at radius 1 is 1.20 bits per heavy atom. The number of ether oxygens (including phenoxy) is 1. The lowest BCUT2D eigenvalue weighted by atomic mass is 9.87. The maximum Gasteiger partial charge on any atom is 0.163 e. The van der Waals surface area contributed by atoms with Gasteiger partial charge in [0.25, 0.3) is 0 Å². The quantitative estimate of drug-likeness (QED) is 0.829.